The summed E-state index contributed by atoms with van der Waals surface area (Å²) in [6.45, 7) is 16.3. The monoisotopic (exact) mass is 340 g/mol. The molecule has 0 bridgehead atoms. The minimum Gasteiger partial charge on any atom is -0.0958 e. The highest BCUT2D eigenvalue weighted by Gasteiger charge is 2.43. The Kier molecular flexibility index (Phi) is 7.35. The van der Waals surface area contributed by atoms with Crippen molar-refractivity contribution in [2.24, 2.45) is 23.2 Å². The van der Waals surface area contributed by atoms with E-state index in [-0.39, 0.29) is 0 Å². The zero-order valence-corrected chi connectivity index (χ0v) is 17.4. The zero-order chi connectivity index (χ0) is 18.4. The molecule has 0 spiro atoms. The van der Waals surface area contributed by atoms with Gasteiger partial charge in [0.2, 0.25) is 0 Å². The molecule has 2 aliphatic carbocycles. The molecule has 0 aromatic carbocycles. The average molecular weight is 341 g/mol. The summed E-state index contributed by atoms with van der Waals surface area (Å²) in [7, 11) is 0. The lowest BCUT2D eigenvalue weighted by atomic mass is 9.71. The Morgan fingerprint density at radius 3 is 2.52 bits per heavy atom. The molecule has 0 heteroatoms. The summed E-state index contributed by atoms with van der Waals surface area (Å²) in [5.74, 6) is 2.28. The largest absolute Gasteiger partial charge is 0.0958 e. The second-order valence-electron chi connectivity index (χ2n) is 9.34. The third-order valence-corrected chi connectivity index (χ3v) is 6.73. The summed E-state index contributed by atoms with van der Waals surface area (Å²) in [6, 6.07) is 0. The molecule has 1 fully saturated rings. The molecule has 0 amide bonds. The summed E-state index contributed by atoms with van der Waals surface area (Å²) in [6.07, 6.45) is 19.8. The minimum atomic E-state index is 0.416. The first-order chi connectivity index (χ1) is 11.8. The van der Waals surface area contributed by atoms with Gasteiger partial charge in [-0.1, -0.05) is 68.4 Å². The molecule has 0 saturated heterocycles. The molecule has 25 heavy (non-hydrogen) atoms. The first-order valence-corrected chi connectivity index (χ1v) is 10.5. The summed E-state index contributed by atoms with van der Waals surface area (Å²) in [5.41, 5.74) is 4.84. The van der Waals surface area contributed by atoms with Crippen LogP contribution in [0.2, 0.25) is 0 Å². The lowest BCUT2D eigenvalue weighted by Crippen LogP contribution is -2.25. The Labute approximate surface area is 157 Å². The molecule has 1 saturated carbocycles. The fourth-order valence-electron chi connectivity index (χ4n) is 4.80. The van der Waals surface area contributed by atoms with Crippen molar-refractivity contribution in [3.05, 3.63) is 47.6 Å². The molecule has 0 radical (unpaired) electrons. The fourth-order valence-corrected chi connectivity index (χ4v) is 4.80. The van der Waals surface area contributed by atoms with E-state index in [1.807, 2.05) is 0 Å². The van der Waals surface area contributed by atoms with Crippen LogP contribution in [-0.2, 0) is 0 Å². The van der Waals surface area contributed by atoms with E-state index in [1.54, 1.807) is 11.1 Å². The van der Waals surface area contributed by atoms with Crippen LogP contribution in [-0.4, -0.2) is 0 Å². The van der Waals surface area contributed by atoms with E-state index in [2.05, 4.69) is 65.5 Å². The van der Waals surface area contributed by atoms with Crippen LogP contribution in [0.3, 0.4) is 0 Å². The van der Waals surface area contributed by atoms with Crippen LogP contribution < -0.4 is 0 Å². The number of fused-ring (bicyclic) bond motifs is 1. The molecule has 0 aliphatic heterocycles. The number of hydrogen-bond donors (Lipinski definition) is 0. The number of allylic oxidation sites excluding steroid dienone is 7. The van der Waals surface area contributed by atoms with Gasteiger partial charge in [0, 0.05) is 0 Å². The van der Waals surface area contributed by atoms with Gasteiger partial charge in [-0.3, -0.25) is 0 Å². The van der Waals surface area contributed by atoms with Gasteiger partial charge in [-0.2, -0.15) is 0 Å². The SMILES string of the molecule is C=C1/C=C/[C@H]2[C@@H](C(C)C)CC[C@]2(C)C/C=C(\C)CC/C=C(\C)CCC1. The van der Waals surface area contributed by atoms with E-state index >= 15 is 0 Å². The van der Waals surface area contributed by atoms with Gasteiger partial charge in [-0.05, 0) is 88.4 Å². The zero-order valence-electron chi connectivity index (χ0n) is 17.4. The molecule has 0 nitrogen and oxygen atoms in total. The van der Waals surface area contributed by atoms with Crippen LogP contribution in [0.1, 0.15) is 86.0 Å². The van der Waals surface area contributed by atoms with Gasteiger partial charge in [0.1, 0.15) is 0 Å². The third-order valence-electron chi connectivity index (χ3n) is 6.73. The molecule has 2 rings (SSSR count). The second kappa shape index (κ2) is 9.06. The molecular weight excluding hydrogens is 300 g/mol. The van der Waals surface area contributed by atoms with Crippen molar-refractivity contribution < 1.29 is 0 Å². The van der Waals surface area contributed by atoms with Crippen molar-refractivity contribution in [3.63, 3.8) is 0 Å². The summed E-state index contributed by atoms with van der Waals surface area (Å²) >= 11 is 0. The van der Waals surface area contributed by atoms with Gasteiger partial charge in [-0.25, -0.2) is 0 Å². The van der Waals surface area contributed by atoms with E-state index in [0.29, 0.717) is 11.3 Å². The smallest absolute Gasteiger partial charge is 0.0143 e. The van der Waals surface area contributed by atoms with E-state index in [0.717, 1.165) is 18.3 Å². The molecule has 0 heterocycles. The van der Waals surface area contributed by atoms with Gasteiger partial charge in [0.05, 0.1) is 0 Å². The minimum absolute atomic E-state index is 0.416. The van der Waals surface area contributed by atoms with Crippen molar-refractivity contribution in [2.45, 2.75) is 86.0 Å². The Hall–Kier alpha value is -1.04. The Bertz CT molecular complexity index is 542. The first-order valence-electron chi connectivity index (χ1n) is 10.5. The lowest BCUT2D eigenvalue weighted by Gasteiger charge is -2.33. The summed E-state index contributed by atoms with van der Waals surface area (Å²) < 4.78 is 0. The Morgan fingerprint density at radius 1 is 1.08 bits per heavy atom. The maximum absolute atomic E-state index is 4.33. The van der Waals surface area contributed by atoms with E-state index in [1.165, 1.54) is 50.5 Å². The summed E-state index contributed by atoms with van der Waals surface area (Å²) in [5, 5.41) is 0. The molecule has 0 aromatic heterocycles. The Morgan fingerprint density at radius 2 is 1.80 bits per heavy atom. The maximum atomic E-state index is 4.33. The van der Waals surface area contributed by atoms with Crippen molar-refractivity contribution >= 4 is 0 Å². The normalized spacial score (nSPS) is 38.1. The van der Waals surface area contributed by atoms with E-state index in [4.69, 9.17) is 0 Å². The molecule has 140 valence electrons. The van der Waals surface area contributed by atoms with Crippen LogP contribution >= 0.6 is 0 Å². The number of rotatable bonds is 1. The van der Waals surface area contributed by atoms with Gasteiger partial charge in [0.25, 0.3) is 0 Å². The van der Waals surface area contributed by atoms with Crippen LogP contribution in [0.25, 0.3) is 0 Å². The standard InChI is InChI=1S/C25H40/c1-19(2)23-16-18-25(6)17-15-22(5)12-8-10-20(3)9-7-11-21(4)13-14-24(23)25/h10,13-15,19,23-24H,4,7-9,11-12,16-18H2,1-3,5-6H3/b14-13+,20-10+,22-15+/t23-,24+,25+/m1/s1. The quantitative estimate of drug-likeness (QED) is 0.424. The average Bonchev–Trinajstić information content (AvgIpc) is 2.87. The fraction of sp³-hybridized carbons (Fsp3) is 0.680. The van der Waals surface area contributed by atoms with Crippen molar-refractivity contribution in [2.75, 3.05) is 0 Å². The predicted octanol–water partition coefficient (Wildman–Crippen LogP) is 8.03. The van der Waals surface area contributed by atoms with Crippen molar-refractivity contribution in [1.29, 1.82) is 0 Å². The molecular formula is C25H40. The Balaban J connectivity index is 2.25. The molecule has 3 atom stereocenters. The predicted molar refractivity (Wildman–Crippen MR) is 113 cm³/mol. The lowest BCUT2D eigenvalue weighted by molar-refractivity contribution is 0.215. The van der Waals surface area contributed by atoms with Crippen molar-refractivity contribution in [3.8, 4) is 0 Å². The highest BCUT2D eigenvalue weighted by Crippen LogP contribution is 2.52. The van der Waals surface area contributed by atoms with E-state index < -0.39 is 0 Å². The number of hydrogen-bond acceptors (Lipinski definition) is 0. The van der Waals surface area contributed by atoms with Gasteiger partial charge < -0.3 is 0 Å². The highest BCUT2D eigenvalue weighted by atomic mass is 14.5. The van der Waals surface area contributed by atoms with Gasteiger partial charge in [-0.15, -0.1) is 0 Å². The van der Waals surface area contributed by atoms with Gasteiger partial charge in [0.15, 0.2) is 0 Å². The second-order valence-corrected chi connectivity index (χ2v) is 9.34. The molecule has 0 N–H and O–H groups in total. The highest BCUT2D eigenvalue weighted by molar-refractivity contribution is 5.19. The van der Waals surface area contributed by atoms with Crippen LogP contribution in [0.15, 0.2) is 47.6 Å². The maximum Gasteiger partial charge on any atom is -0.0143 e. The van der Waals surface area contributed by atoms with Crippen LogP contribution in [0.5, 0.6) is 0 Å². The van der Waals surface area contributed by atoms with Crippen molar-refractivity contribution in [1.82, 2.24) is 0 Å². The molecule has 0 unspecified atom stereocenters. The van der Waals surface area contributed by atoms with Gasteiger partial charge >= 0.3 is 0 Å². The summed E-state index contributed by atoms with van der Waals surface area (Å²) in [4.78, 5) is 0. The molecule has 2 aliphatic rings. The first kappa shape index (κ1) is 20.3. The molecule has 0 aromatic rings. The van der Waals surface area contributed by atoms with E-state index in [9.17, 15) is 0 Å². The van der Waals surface area contributed by atoms with Crippen LogP contribution in [0, 0.1) is 23.2 Å². The van der Waals surface area contributed by atoms with Crippen LogP contribution in [0.4, 0.5) is 0 Å². The third kappa shape index (κ3) is 5.73. The topological polar surface area (TPSA) is 0 Å².